The van der Waals surface area contributed by atoms with Gasteiger partial charge in [0.15, 0.2) is 0 Å². The minimum Gasteiger partial charge on any atom is -0.330 e. The van der Waals surface area contributed by atoms with Crippen LogP contribution < -0.4 is 20.9 Å². The molecule has 30 heavy (non-hydrogen) atoms. The van der Waals surface area contributed by atoms with Gasteiger partial charge in [0.1, 0.15) is 6.54 Å². The number of fused-ring (bicyclic) bond motifs is 3. The van der Waals surface area contributed by atoms with Gasteiger partial charge in [-0.1, -0.05) is 18.2 Å². The minimum atomic E-state index is -4.50. The lowest BCUT2D eigenvalue weighted by molar-refractivity contribution is -0.178. The summed E-state index contributed by atoms with van der Waals surface area (Å²) in [4.78, 5) is 13.8. The molecule has 12 heteroatoms. The first kappa shape index (κ1) is 21.3. The fraction of sp³-hybridized carbons (Fsp3) is 0.611. The molecule has 3 heterocycles. The van der Waals surface area contributed by atoms with Crippen molar-refractivity contribution in [3.63, 3.8) is 0 Å². The van der Waals surface area contributed by atoms with Crippen molar-refractivity contribution in [2.75, 3.05) is 30.6 Å². The summed E-state index contributed by atoms with van der Waals surface area (Å²) in [6.07, 6.45) is -3.21. The molecule has 3 aliphatic rings. The average molecular weight is 447 g/mol. The van der Waals surface area contributed by atoms with Crippen LogP contribution in [0.4, 0.5) is 18.9 Å². The van der Waals surface area contributed by atoms with Crippen LogP contribution in [0.25, 0.3) is 0 Å². The number of likely N-dealkylation sites (tertiary alicyclic amines) is 1. The average Bonchev–Trinajstić information content (AvgIpc) is 3.13. The highest BCUT2D eigenvalue weighted by Crippen LogP contribution is 2.41. The number of carbonyl (C=O) groups is 1. The number of anilines is 1. The molecular weight excluding hydrogens is 423 g/mol. The maximum Gasteiger partial charge on any atom is 0.406 e. The zero-order valence-corrected chi connectivity index (χ0v) is 17.1. The third-order valence-electron chi connectivity index (χ3n) is 6.04. The molecule has 0 saturated carbocycles. The number of alkyl halides is 3. The van der Waals surface area contributed by atoms with Crippen molar-refractivity contribution in [1.29, 1.82) is 0 Å². The molecule has 8 nitrogen and oxygen atoms in total. The molecule has 0 aliphatic carbocycles. The predicted molar refractivity (Wildman–Crippen MR) is 104 cm³/mol. The van der Waals surface area contributed by atoms with Gasteiger partial charge in [0, 0.05) is 37.1 Å². The summed E-state index contributed by atoms with van der Waals surface area (Å²) in [6, 6.07) is 5.52. The van der Waals surface area contributed by atoms with Gasteiger partial charge in [0.2, 0.25) is 15.9 Å². The zero-order chi connectivity index (χ0) is 21.7. The van der Waals surface area contributed by atoms with Crippen LogP contribution in [0.15, 0.2) is 24.3 Å². The quantitative estimate of drug-likeness (QED) is 0.539. The van der Waals surface area contributed by atoms with E-state index in [1.54, 1.807) is 24.3 Å². The molecule has 1 aromatic rings. The molecule has 0 radical (unpaired) electrons. The molecule has 0 aromatic heterocycles. The summed E-state index contributed by atoms with van der Waals surface area (Å²) in [5.41, 5.74) is 6.98. The first-order valence-electron chi connectivity index (χ1n) is 9.69. The SMILES string of the molecule is CS(=O)(=O)Nc1ccccc1C1CC2C(CN1)C1NNCC1C(=O)N2CC(F)(F)F. The number of hydrazine groups is 1. The highest BCUT2D eigenvalue weighted by Gasteiger charge is 2.54. The van der Waals surface area contributed by atoms with Gasteiger partial charge in [-0.05, 0) is 18.1 Å². The van der Waals surface area contributed by atoms with E-state index in [0.717, 1.165) is 11.2 Å². The Labute approximate surface area is 172 Å². The number of nitrogens with one attached hydrogen (secondary N) is 4. The molecule has 0 spiro atoms. The van der Waals surface area contributed by atoms with E-state index in [1.165, 1.54) is 0 Å². The summed E-state index contributed by atoms with van der Waals surface area (Å²) in [5.74, 6) is -1.23. The van der Waals surface area contributed by atoms with E-state index in [1.807, 2.05) is 0 Å². The summed E-state index contributed by atoms with van der Waals surface area (Å²) in [5, 5.41) is 3.35. The van der Waals surface area contributed by atoms with E-state index >= 15 is 0 Å². The Kier molecular flexibility index (Phi) is 5.45. The number of piperidine rings is 2. The van der Waals surface area contributed by atoms with Crippen LogP contribution in [-0.2, 0) is 14.8 Å². The Bertz CT molecular complexity index is 926. The van der Waals surface area contributed by atoms with Gasteiger partial charge in [-0.25, -0.2) is 8.42 Å². The molecule has 4 N–H and O–H groups in total. The first-order valence-corrected chi connectivity index (χ1v) is 11.6. The summed E-state index contributed by atoms with van der Waals surface area (Å²) < 4.78 is 65.7. The standard InChI is InChI=1S/C18H24F3N5O3S/c1-30(28,29)25-13-5-3-2-4-10(13)14-6-15-11(7-22-14)16-12(8-23-24-16)17(27)26(15)9-18(19,20)21/h2-5,11-12,14-16,22-25H,6-9H2,1H3. The summed E-state index contributed by atoms with van der Waals surface area (Å²) in [7, 11) is -3.53. The lowest BCUT2D eigenvalue weighted by Crippen LogP contribution is -2.66. The van der Waals surface area contributed by atoms with Crippen LogP contribution in [0.5, 0.6) is 0 Å². The first-order chi connectivity index (χ1) is 14.0. The van der Waals surface area contributed by atoms with Gasteiger partial charge in [0.05, 0.1) is 17.9 Å². The molecular formula is C18H24F3N5O3S. The Morgan fingerprint density at radius 3 is 2.67 bits per heavy atom. The second-order valence-corrected chi connectivity index (χ2v) is 9.88. The molecule has 0 bridgehead atoms. The van der Waals surface area contributed by atoms with Crippen LogP contribution in [0.1, 0.15) is 18.0 Å². The molecule has 1 amide bonds. The fourth-order valence-electron chi connectivity index (χ4n) is 4.89. The highest BCUT2D eigenvalue weighted by atomic mass is 32.2. The van der Waals surface area contributed by atoms with E-state index in [4.69, 9.17) is 0 Å². The van der Waals surface area contributed by atoms with Gasteiger partial charge in [-0.3, -0.25) is 20.4 Å². The molecule has 4 rings (SSSR count). The number of para-hydroxylation sites is 1. The van der Waals surface area contributed by atoms with Crippen molar-refractivity contribution in [2.24, 2.45) is 11.8 Å². The Balaban J connectivity index is 1.64. The van der Waals surface area contributed by atoms with Crippen molar-refractivity contribution in [2.45, 2.75) is 30.7 Å². The van der Waals surface area contributed by atoms with Crippen LogP contribution in [0.3, 0.4) is 0 Å². The summed E-state index contributed by atoms with van der Waals surface area (Å²) >= 11 is 0. The maximum atomic E-state index is 13.3. The van der Waals surface area contributed by atoms with E-state index in [-0.39, 0.29) is 18.4 Å². The van der Waals surface area contributed by atoms with Crippen LogP contribution >= 0.6 is 0 Å². The molecule has 3 aliphatic heterocycles. The van der Waals surface area contributed by atoms with Crippen LogP contribution in [0.2, 0.25) is 0 Å². The van der Waals surface area contributed by atoms with Crippen molar-refractivity contribution in [3.8, 4) is 0 Å². The van der Waals surface area contributed by atoms with Crippen molar-refractivity contribution in [3.05, 3.63) is 29.8 Å². The Morgan fingerprint density at radius 1 is 1.23 bits per heavy atom. The molecule has 5 unspecified atom stereocenters. The third-order valence-corrected chi connectivity index (χ3v) is 6.63. The molecule has 3 fully saturated rings. The number of hydrogen-bond acceptors (Lipinski definition) is 6. The van der Waals surface area contributed by atoms with Gasteiger partial charge >= 0.3 is 6.18 Å². The molecule has 5 atom stereocenters. The number of halogens is 3. The second-order valence-electron chi connectivity index (χ2n) is 8.13. The second kappa shape index (κ2) is 7.66. The zero-order valence-electron chi connectivity index (χ0n) is 16.2. The number of benzene rings is 1. The van der Waals surface area contributed by atoms with Crippen LogP contribution in [-0.4, -0.2) is 63.4 Å². The summed E-state index contributed by atoms with van der Waals surface area (Å²) in [6.45, 7) is -0.585. The number of nitrogens with zero attached hydrogens (tertiary/aromatic N) is 1. The van der Waals surface area contributed by atoms with E-state index in [0.29, 0.717) is 24.3 Å². The number of amides is 1. The van der Waals surface area contributed by atoms with Crippen LogP contribution in [0, 0.1) is 11.8 Å². The smallest absolute Gasteiger partial charge is 0.330 e. The van der Waals surface area contributed by atoms with Crippen molar-refractivity contribution in [1.82, 2.24) is 21.1 Å². The van der Waals surface area contributed by atoms with Gasteiger partial charge in [-0.2, -0.15) is 13.2 Å². The number of hydrogen-bond donors (Lipinski definition) is 4. The lowest BCUT2D eigenvalue weighted by Gasteiger charge is -2.50. The third kappa shape index (κ3) is 4.27. The van der Waals surface area contributed by atoms with Crippen molar-refractivity contribution < 1.29 is 26.4 Å². The van der Waals surface area contributed by atoms with E-state index < -0.39 is 46.7 Å². The van der Waals surface area contributed by atoms with Gasteiger partial charge in [0.25, 0.3) is 0 Å². The predicted octanol–water partition coefficient (Wildman–Crippen LogP) is 0.574. The number of rotatable bonds is 4. The minimum absolute atomic E-state index is 0.198. The van der Waals surface area contributed by atoms with E-state index in [2.05, 4.69) is 20.9 Å². The largest absolute Gasteiger partial charge is 0.406 e. The maximum absolute atomic E-state index is 13.3. The highest BCUT2D eigenvalue weighted by molar-refractivity contribution is 7.92. The van der Waals surface area contributed by atoms with Gasteiger partial charge < -0.3 is 10.2 Å². The fourth-order valence-corrected chi connectivity index (χ4v) is 5.48. The number of sulfonamides is 1. The molecule has 166 valence electrons. The molecule has 3 saturated heterocycles. The monoisotopic (exact) mass is 447 g/mol. The van der Waals surface area contributed by atoms with E-state index in [9.17, 15) is 26.4 Å². The topological polar surface area (TPSA) is 103 Å². The molecule has 1 aromatic carbocycles. The van der Waals surface area contributed by atoms with Gasteiger partial charge in [-0.15, -0.1) is 0 Å². The number of carbonyl (C=O) groups excluding carboxylic acids is 1. The Hall–Kier alpha value is -1.89. The van der Waals surface area contributed by atoms with Crippen molar-refractivity contribution >= 4 is 21.6 Å². The lowest BCUT2D eigenvalue weighted by atomic mass is 9.73. The Morgan fingerprint density at radius 2 is 1.97 bits per heavy atom. The normalized spacial score (nSPS) is 31.9.